The van der Waals surface area contributed by atoms with Crippen LogP contribution in [0.15, 0.2) is 42.5 Å². The molecular weight excluding hydrogens is 316 g/mol. The molecule has 1 aliphatic rings. The van der Waals surface area contributed by atoms with Gasteiger partial charge in [-0.15, -0.1) is 0 Å². The first-order valence-corrected chi connectivity index (χ1v) is 8.43. The Balaban J connectivity index is 1.63. The molecule has 5 heteroatoms. The number of carbonyl (C=O) groups excluding carboxylic acids is 2. The zero-order valence-corrected chi connectivity index (χ0v) is 14.5. The molecule has 0 aromatic heterocycles. The summed E-state index contributed by atoms with van der Waals surface area (Å²) in [4.78, 5) is 24.5. The number of ether oxygens (including phenoxy) is 1. The fourth-order valence-electron chi connectivity index (χ4n) is 2.49. The van der Waals surface area contributed by atoms with E-state index in [0.717, 1.165) is 24.0 Å². The van der Waals surface area contributed by atoms with Crippen molar-refractivity contribution in [2.24, 2.45) is 0 Å². The highest BCUT2D eigenvalue weighted by molar-refractivity contribution is 6.04. The summed E-state index contributed by atoms with van der Waals surface area (Å²) in [6, 6.07) is 13.0. The Labute approximate surface area is 147 Å². The van der Waals surface area contributed by atoms with E-state index in [2.05, 4.69) is 10.6 Å². The number of nitrogens with one attached hydrogen (secondary N) is 2. The summed E-state index contributed by atoms with van der Waals surface area (Å²) in [6.07, 6.45) is 2.04. The van der Waals surface area contributed by atoms with Crippen molar-refractivity contribution in [1.29, 1.82) is 0 Å². The minimum absolute atomic E-state index is 0.108. The first-order valence-electron chi connectivity index (χ1n) is 8.43. The lowest BCUT2D eigenvalue weighted by Crippen LogP contribution is -2.28. The van der Waals surface area contributed by atoms with Crippen molar-refractivity contribution in [3.8, 4) is 5.75 Å². The summed E-state index contributed by atoms with van der Waals surface area (Å²) in [6.45, 7) is 3.85. The molecule has 2 aromatic rings. The highest BCUT2D eigenvalue weighted by atomic mass is 16.5. The Bertz CT molecular complexity index is 797. The molecule has 0 unspecified atom stereocenters. The zero-order valence-electron chi connectivity index (χ0n) is 14.5. The Morgan fingerprint density at radius 2 is 1.84 bits per heavy atom. The number of hydrogen-bond donors (Lipinski definition) is 2. The maximum Gasteiger partial charge on any atom is 0.262 e. The number of amides is 2. The molecule has 2 amide bonds. The van der Waals surface area contributed by atoms with Gasteiger partial charge in [-0.1, -0.05) is 24.3 Å². The summed E-state index contributed by atoms with van der Waals surface area (Å²) in [5.41, 5.74) is 3.09. The van der Waals surface area contributed by atoms with Crippen LogP contribution in [0.25, 0.3) is 0 Å². The third kappa shape index (κ3) is 4.38. The van der Waals surface area contributed by atoms with Crippen LogP contribution in [0.3, 0.4) is 0 Å². The van der Waals surface area contributed by atoms with Gasteiger partial charge >= 0.3 is 0 Å². The molecule has 25 heavy (non-hydrogen) atoms. The van der Waals surface area contributed by atoms with Crippen molar-refractivity contribution >= 4 is 17.5 Å². The van der Waals surface area contributed by atoms with Gasteiger partial charge < -0.3 is 15.4 Å². The minimum atomic E-state index is -0.299. The van der Waals surface area contributed by atoms with E-state index >= 15 is 0 Å². The van der Waals surface area contributed by atoms with Crippen molar-refractivity contribution in [3.63, 3.8) is 0 Å². The topological polar surface area (TPSA) is 67.4 Å². The van der Waals surface area contributed by atoms with E-state index in [0.29, 0.717) is 17.0 Å². The van der Waals surface area contributed by atoms with E-state index in [1.807, 2.05) is 32.0 Å². The number of aryl methyl sites for hydroxylation is 1. The van der Waals surface area contributed by atoms with Gasteiger partial charge in [0.15, 0.2) is 6.61 Å². The summed E-state index contributed by atoms with van der Waals surface area (Å²) in [5.74, 6) is 0.233. The van der Waals surface area contributed by atoms with Gasteiger partial charge in [0.2, 0.25) is 0 Å². The maximum absolute atomic E-state index is 12.3. The second-order valence-electron chi connectivity index (χ2n) is 6.33. The van der Waals surface area contributed by atoms with Gasteiger partial charge in [0, 0.05) is 6.04 Å². The van der Waals surface area contributed by atoms with Gasteiger partial charge in [0.1, 0.15) is 5.75 Å². The van der Waals surface area contributed by atoms with Gasteiger partial charge in [-0.3, -0.25) is 9.59 Å². The number of benzene rings is 2. The number of para-hydroxylation sites is 1. The maximum atomic E-state index is 12.3. The van der Waals surface area contributed by atoms with Crippen LogP contribution in [-0.2, 0) is 4.79 Å². The molecule has 0 aliphatic heterocycles. The van der Waals surface area contributed by atoms with E-state index in [-0.39, 0.29) is 24.5 Å². The van der Waals surface area contributed by atoms with E-state index in [4.69, 9.17) is 4.74 Å². The molecule has 3 rings (SSSR count). The lowest BCUT2D eigenvalue weighted by molar-refractivity contribution is -0.118. The van der Waals surface area contributed by atoms with Crippen molar-refractivity contribution in [1.82, 2.24) is 5.32 Å². The standard InChI is InChI=1S/C20H22N2O3/c1-13-6-5-9-18(14(13)2)25-12-19(23)22-17-8-4-3-7-16(17)20(24)21-15-10-11-15/h3-9,15H,10-12H2,1-2H3,(H,21,24)(H,22,23). The summed E-state index contributed by atoms with van der Waals surface area (Å²) < 4.78 is 5.61. The molecule has 1 fully saturated rings. The van der Waals surface area contributed by atoms with Crippen molar-refractivity contribution < 1.29 is 14.3 Å². The molecule has 0 radical (unpaired) electrons. The predicted molar refractivity (Wildman–Crippen MR) is 97.0 cm³/mol. The average molecular weight is 338 g/mol. The molecular formula is C20H22N2O3. The predicted octanol–water partition coefficient (Wildman–Crippen LogP) is 3.21. The van der Waals surface area contributed by atoms with Gasteiger partial charge in [0.05, 0.1) is 11.3 Å². The van der Waals surface area contributed by atoms with Crippen LogP contribution in [-0.4, -0.2) is 24.5 Å². The second kappa shape index (κ2) is 7.38. The monoisotopic (exact) mass is 338 g/mol. The average Bonchev–Trinajstić information content (AvgIpc) is 3.40. The Morgan fingerprint density at radius 3 is 2.60 bits per heavy atom. The van der Waals surface area contributed by atoms with Crippen LogP contribution in [0.4, 0.5) is 5.69 Å². The Morgan fingerprint density at radius 1 is 1.08 bits per heavy atom. The van der Waals surface area contributed by atoms with Crippen LogP contribution in [0.2, 0.25) is 0 Å². The highest BCUT2D eigenvalue weighted by Crippen LogP contribution is 2.22. The van der Waals surface area contributed by atoms with Crippen LogP contribution < -0.4 is 15.4 Å². The van der Waals surface area contributed by atoms with Crippen molar-refractivity contribution in [2.45, 2.75) is 32.7 Å². The lowest BCUT2D eigenvalue weighted by atomic mass is 10.1. The normalized spacial score (nSPS) is 13.2. The molecule has 2 aromatic carbocycles. The molecule has 1 aliphatic carbocycles. The minimum Gasteiger partial charge on any atom is -0.483 e. The molecule has 0 bridgehead atoms. The molecule has 130 valence electrons. The van der Waals surface area contributed by atoms with E-state index in [1.54, 1.807) is 24.3 Å². The molecule has 2 N–H and O–H groups in total. The van der Waals surface area contributed by atoms with Crippen molar-refractivity contribution in [3.05, 3.63) is 59.2 Å². The van der Waals surface area contributed by atoms with Gasteiger partial charge in [-0.2, -0.15) is 0 Å². The molecule has 0 heterocycles. The van der Waals surface area contributed by atoms with Crippen molar-refractivity contribution in [2.75, 3.05) is 11.9 Å². The first kappa shape index (κ1) is 17.0. The fraction of sp³-hybridized carbons (Fsp3) is 0.300. The molecule has 5 nitrogen and oxygen atoms in total. The zero-order chi connectivity index (χ0) is 17.8. The lowest BCUT2D eigenvalue weighted by Gasteiger charge is -2.13. The van der Waals surface area contributed by atoms with Crippen LogP contribution >= 0.6 is 0 Å². The van der Waals surface area contributed by atoms with Gasteiger partial charge in [0.25, 0.3) is 11.8 Å². The fourth-order valence-corrected chi connectivity index (χ4v) is 2.49. The number of anilines is 1. The molecule has 0 saturated heterocycles. The summed E-state index contributed by atoms with van der Waals surface area (Å²) in [5, 5.41) is 5.70. The van der Waals surface area contributed by atoms with Gasteiger partial charge in [-0.05, 0) is 56.0 Å². The van der Waals surface area contributed by atoms with E-state index < -0.39 is 0 Å². The Hall–Kier alpha value is -2.82. The Kier molecular flexibility index (Phi) is 5.03. The summed E-state index contributed by atoms with van der Waals surface area (Å²) in [7, 11) is 0. The number of rotatable bonds is 6. The first-order chi connectivity index (χ1) is 12.0. The number of hydrogen-bond acceptors (Lipinski definition) is 3. The van der Waals surface area contributed by atoms with E-state index in [1.165, 1.54) is 0 Å². The smallest absolute Gasteiger partial charge is 0.262 e. The highest BCUT2D eigenvalue weighted by Gasteiger charge is 2.25. The van der Waals surface area contributed by atoms with Crippen LogP contribution in [0, 0.1) is 13.8 Å². The quantitative estimate of drug-likeness (QED) is 0.850. The largest absolute Gasteiger partial charge is 0.483 e. The van der Waals surface area contributed by atoms with Crippen LogP contribution in [0.5, 0.6) is 5.75 Å². The second-order valence-corrected chi connectivity index (χ2v) is 6.33. The molecule has 0 spiro atoms. The van der Waals surface area contributed by atoms with E-state index in [9.17, 15) is 9.59 Å². The SMILES string of the molecule is Cc1cccc(OCC(=O)Nc2ccccc2C(=O)NC2CC2)c1C. The van der Waals surface area contributed by atoms with Crippen LogP contribution in [0.1, 0.15) is 34.3 Å². The number of carbonyl (C=O) groups is 2. The summed E-state index contributed by atoms with van der Waals surface area (Å²) >= 11 is 0. The van der Waals surface area contributed by atoms with Gasteiger partial charge in [-0.25, -0.2) is 0 Å². The molecule has 0 atom stereocenters. The molecule has 1 saturated carbocycles. The third-order valence-electron chi connectivity index (χ3n) is 4.27. The third-order valence-corrected chi connectivity index (χ3v) is 4.27.